The van der Waals surface area contributed by atoms with Gasteiger partial charge in [-0.1, -0.05) is 42.5 Å². The number of hydrogen-bond acceptors (Lipinski definition) is 3. The quantitative estimate of drug-likeness (QED) is 0.337. The van der Waals surface area contributed by atoms with Crippen LogP contribution in [0.25, 0.3) is 5.69 Å². The molecule has 0 unspecified atom stereocenters. The molecule has 3 aromatic rings. The fourth-order valence-corrected chi connectivity index (χ4v) is 3.46. The zero-order chi connectivity index (χ0) is 22.4. The van der Waals surface area contributed by atoms with Crippen LogP contribution >= 0.6 is 0 Å². The molecule has 0 saturated heterocycles. The van der Waals surface area contributed by atoms with Crippen molar-refractivity contribution < 1.29 is 27.4 Å². The lowest BCUT2D eigenvalue weighted by Gasteiger charge is -2.18. The molecule has 0 fully saturated rings. The van der Waals surface area contributed by atoms with E-state index in [-0.39, 0.29) is 24.5 Å². The Hall–Kier alpha value is -3.06. The van der Waals surface area contributed by atoms with Gasteiger partial charge in [-0.15, -0.1) is 0 Å². The van der Waals surface area contributed by atoms with Gasteiger partial charge in [0, 0.05) is 17.8 Å². The molecule has 0 saturated carbocycles. The predicted molar refractivity (Wildman–Crippen MR) is 111 cm³/mol. The minimum absolute atomic E-state index is 0.0268. The van der Waals surface area contributed by atoms with Crippen LogP contribution in [0.2, 0.25) is 0 Å². The molecule has 0 aliphatic rings. The van der Waals surface area contributed by atoms with Gasteiger partial charge in [-0.2, -0.15) is 13.2 Å². The summed E-state index contributed by atoms with van der Waals surface area (Å²) in [7, 11) is 0. The molecule has 1 aromatic heterocycles. The fourth-order valence-electron chi connectivity index (χ4n) is 3.46. The molecular weight excluding hydrogens is 407 g/mol. The van der Waals surface area contributed by atoms with Crippen molar-refractivity contribution in [2.24, 2.45) is 0 Å². The first kappa shape index (κ1) is 22.6. The second kappa shape index (κ2) is 9.83. The fraction of sp³-hybridized carbons (Fsp3) is 0.292. The number of hydrogen-bond donors (Lipinski definition) is 0. The molecule has 4 nitrogen and oxygen atoms in total. The SMILES string of the molecule is CCOC(=O)c1cc(CCOCc2ccccc2)n(-c2ccccc2C(F)(F)F)c1C. The van der Waals surface area contributed by atoms with Gasteiger partial charge in [0.15, 0.2) is 0 Å². The number of ether oxygens (including phenoxy) is 2. The number of nitrogens with zero attached hydrogens (tertiary/aromatic N) is 1. The van der Waals surface area contributed by atoms with E-state index >= 15 is 0 Å². The molecule has 0 aliphatic carbocycles. The summed E-state index contributed by atoms with van der Waals surface area (Å²) in [4.78, 5) is 12.4. The standard InChI is InChI=1S/C24H24F3NO3/c1-3-31-23(29)20-15-19(13-14-30-16-18-9-5-4-6-10-18)28(17(20)2)22-12-8-7-11-21(22)24(25,26)27/h4-12,15H,3,13-14,16H2,1-2H3. The van der Waals surface area contributed by atoms with Gasteiger partial charge in [0.25, 0.3) is 0 Å². The van der Waals surface area contributed by atoms with Crippen LogP contribution in [-0.4, -0.2) is 23.8 Å². The van der Waals surface area contributed by atoms with Crippen molar-refractivity contribution in [1.29, 1.82) is 0 Å². The first-order chi connectivity index (χ1) is 14.8. The Morgan fingerprint density at radius 2 is 1.71 bits per heavy atom. The van der Waals surface area contributed by atoms with E-state index in [0.29, 0.717) is 24.4 Å². The molecule has 0 radical (unpaired) electrons. The minimum atomic E-state index is -4.53. The summed E-state index contributed by atoms with van der Waals surface area (Å²) in [6.45, 7) is 4.16. The third kappa shape index (κ3) is 5.35. The highest BCUT2D eigenvalue weighted by molar-refractivity contribution is 5.91. The van der Waals surface area contributed by atoms with E-state index < -0.39 is 17.7 Å². The zero-order valence-corrected chi connectivity index (χ0v) is 17.4. The molecule has 0 bridgehead atoms. The van der Waals surface area contributed by atoms with Crippen LogP contribution in [0.3, 0.4) is 0 Å². The topological polar surface area (TPSA) is 40.5 Å². The van der Waals surface area contributed by atoms with Crippen molar-refractivity contribution in [2.75, 3.05) is 13.2 Å². The number of aromatic nitrogens is 1. The molecule has 0 atom stereocenters. The molecule has 3 rings (SSSR count). The van der Waals surface area contributed by atoms with E-state index in [1.807, 2.05) is 30.3 Å². The van der Waals surface area contributed by atoms with Crippen LogP contribution < -0.4 is 0 Å². The number of carbonyl (C=O) groups is 1. The van der Waals surface area contributed by atoms with Crippen LogP contribution in [0.1, 0.15) is 39.8 Å². The van der Waals surface area contributed by atoms with Gasteiger partial charge in [0.1, 0.15) is 0 Å². The van der Waals surface area contributed by atoms with Crippen molar-refractivity contribution in [1.82, 2.24) is 4.57 Å². The van der Waals surface area contributed by atoms with Gasteiger partial charge in [-0.25, -0.2) is 4.79 Å². The number of carbonyl (C=O) groups excluding carboxylic acids is 1. The zero-order valence-electron chi connectivity index (χ0n) is 17.4. The van der Waals surface area contributed by atoms with Crippen molar-refractivity contribution in [3.05, 3.63) is 88.7 Å². The van der Waals surface area contributed by atoms with Crippen LogP contribution in [0.4, 0.5) is 13.2 Å². The largest absolute Gasteiger partial charge is 0.462 e. The van der Waals surface area contributed by atoms with Crippen LogP contribution in [0.15, 0.2) is 60.7 Å². The van der Waals surface area contributed by atoms with Gasteiger partial charge in [-0.3, -0.25) is 0 Å². The first-order valence-corrected chi connectivity index (χ1v) is 9.99. The highest BCUT2D eigenvalue weighted by atomic mass is 19.4. The normalized spacial score (nSPS) is 11.5. The number of esters is 1. The highest BCUT2D eigenvalue weighted by Crippen LogP contribution is 2.35. The Kier molecular flexibility index (Phi) is 7.17. The highest BCUT2D eigenvalue weighted by Gasteiger charge is 2.34. The molecule has 164 valence electrons. The molecule has 2 aromatic carbocycles. The van der Waals surface area contributed by atoms with Crippen molar-refractivity contribution >= 4 is 5.97 Å². The summed E-state index contributed by atoms with van der Waals surface area (Å²) in [6.07, 6.45) is -4.20. The summed E-state index contributed by atoms with van der Waals surface area (Å²) < 4.78 is 53.2. The molecule has 31 heavy (non-hydrogen) atoms. The minimum Gasteiger partial charge on any atom is -0.462 e. The Bertz CT molecular complexity index is 1030. The number of para-hydroxylation sites is 1. The lowest BCUT2D eigenvalue weighted by molar-refractivity contribution is -0.137. The number of halogens is 3. The smallest absolute Gasteiger partial charge is 0.418 e. The second-order valence-electron chi connectivity index (χ2n) is 6.99. The summed E-state index contributed by atoms with van der Waals surface area (Å²) in [6, 6.07) is 16.5. The summed E-state index contributed by atoms with van der Waals surface area (Å²) in [5.74, 6) is -0.560. The van der Waals surface area contributed by atoms with Crippen LogP contribution in [0, 0.1) is 6.92 Å². The van der Waals surface area contributed by atoms with E-state index in [9.17, 15) is 18.0 Å². The molecule has 0 N–H and O–H groups in total. The average Bonchev–Trinajstić information content (AvgIpc) is 3.07. The Balaban J connectivity index is 1.93. The first-order valence-electron chi connectivity index (χ1n) is 9.99. The van der Waals surface area contributed by atoms with E-state index in [2.05, 4.69) is 0 Å². The predicted octanol–water partition coefficient (Wildman–Crippen LogP) is 5.74. The summed E-state index contributed by atoms with van der Waals surface area (Å²) >= 11 is 0. The van der Waals surface area contributed by atoms with Gasteiger partial charge in [0.2, 0.25) is 0 Å². The molecule has 0 amide bonds. The summed E-state index contributed by atoms with van der Waals surface area (Å²) in [5, 5.41) is 0. The Labute approximate surface area is 179 Å². The van der Waals surface area contributed by atoms with Gasteiger partial charge < -0.3 is 14.0 Å². The molecule has 7 heteroatoms. The van der Waals surface area contributed by atoms with Crippen LogP contribution in [-0.2, 0) is 28.7 Å². The maximum absolute atomic E-state index is 13.6. The van der Waals surface area contributed by atoms with E-state index in [1.54, 1.807) is 26.0 Å². The van der Waals surface area contributed by atoms with E-state index in [4.69, 9.17) is 9.47 Å². The molecule has 1 heterocycles. The third-order valence-corrected chi connectivity index (χ3v) is 4.88. The number of benzene rings is 2. The lowest BCUT2D eigenvalue weighted by Crippen LogP contribution is -2.14. The maximum atomic E-state index is 13.6. The molecule has 0 spiro atoms. The number of alkyl halides is 3. The third-order valence-electron chi connectivity index (χ3n) is 4.88. The van der Waals surface area contributed by atoms with Gasteiger partial charge >= 0.3 is 12.1 Å². The maximum Gasteiger partial charge on any atom is 0.418 e. The van der Waals surface area contributed by atoms with E-state index in [0.717, 1.165) is 11.6 Å². The lowest BCUT2D eigenvalue weighted by atomic mass is 10.1. The Morgan fingerprint density at radius 3 is 2.39 bits per heavy atom. The van der Waals surface area contributed by atoms with Crippen LogP contribution in [0.5, 0.6) is 0 Å². The second-order valence-corrected chi connectivity index (χ2v) is 6.99. The Morgan fingerprint density at radius 1 is 1.03 bits per heavy atom. The van der Waals surface area contributed by atoms with E-state index in [1.165, 1.54) is 16.7 Å². The van der Waals surface area contributed by atoms with Gasteiger partial charge in [-0.05, 0) is 37.6 Å². The molecular formula is C24H24F3NO3. The number of rotatable bonds is 8. The van der Waals surface area contributed by atoms with Gasteiger partial charge in [0.05, 0.1) is 36.6 Å². The van der Waals surface area contributed by atoms with Crippen molar-refractivity contribution in [3.63, 3.8) is 0 Å². The monoisotopic (exact) mass is 431 g/mol. The van der Waals surface area contributed by atoms with Crippen molar-refractivity contribution in [3.8, 4) is 5.69 Å². The molecule has 0 aliphatic heterocycles. The average molecular weight is 431 g/mol. The van der Waals surface area contributed by atoms with Crippen molar-refractivity contribution in [2.45, 2.75) is 33.1 Å². The summed E-state index contributed by atoms with van der Waals surface area (Å²) in [5.41, 5.74) is 1.40.